The highest BCUT2D eigenvalue weighted by atomic mass is 16.3. The standard InChI is InChI=1S/C12H20N4O3/c13-9-11(10-15-3-1-14-2-4-15)12(19)16(5-7-17)6-8-18/h10,14,17-18H,1-8H2/b11-10-. The van der Waals surface area contributed by atoms with Crippen molar-refractivity contribution in [3.05, 3.63) is 11.8 Å². The minimum absolute atomic E-state index is 0.0313. The molecule has 0 atom stereocenters. The van der Waals surface area contributed by atoms with Gasteiger partial charge < -0.3 is 25.3 Å². The van der Waals surface area contributed by atoms with Gasteiger partial charge in [-0.3, -0.25) is 4.79 Å². The molecule has 1 aliphatic heterocycles. The molecule has 0 bridgehead atoms. The topological polar surface area (TPSA) is 99.8 Å². The molecule has 1 amide bonds. The Hall–Kier alpha value is -1.62. The molecule has 0 aromatic heterocycles. The van der Waals surface area contributed by atoms with E-state index in [9.17, 15) is 4.79 Å². The van der Waals surface area contributed by atoms with E-state index in [0.29, 0.717) is 0 Å². The Bertz CT molecular complexity index is 352. The zero-order valence-electron chi connectivity index (χ0n) is 10.9. The summed E-state index contributed by atoms with van der Waals surface area (Å²) in [5.41, 5.74) is 0.0313. The highest BCUT2D eigenvalue weighted by molar-refractivity contribution is 5.97. The van der Waals surface area contributed by atoms with Crippen molar-refractivity contribution in [2.24, 2.45) is 0 Å². The van der Waals surface area contributed by atoms with Gasteiger partial charge in [-0.25, -0.2) is 0 Å². The number of piperazine rings is 1. The molecule has 19 heavy (non-hydrogen) atoms. The van der Waals surface area contributed by atoms with Crippen molar-refractivity contribution in [3.8, 4) is 6.07 Å². The minimum atomic E-state index is -0.455. The van der Waals surface area contributed by atoms with E-state index in [1.807, 2.05) is 11.0 Å². The van der Waals surface area contributed by atoms with Crippen molar-refractivity contribution in [2.45, 2.75) is 0 Å². The summed E-state index contributed by atoms with van der Waals surface area (Å²) in [5.74, 6) is -0.455. The Morgan fingerprint density at radius 1 is 1.32 bits per heavy atom. The van der Waals surface area contributed by atoms with Gasteiger partial charge in [-0.05, 0) is 0 Å². The number of amides is 1. The third kappa shape index (κ3) is 4.87. The summed E-state index contributed by atoms with van der Waals surface area (Å²) in [5, 5.41) is 30.0. The van der Waals surface area contributed by atoms with E-state index in [4.69, 9.17) is 15.5 Å². The van der Waals surface area contributed by atoms with E-state index in [-0.39, 0.29) is 31.9 Å². The first-order valence-electron chi connectivity index (χ1n) is 6.30. The molecule has 1 rings (SSSR count). The summed E-state index contributed by atoms with van der Waals surface area (Å²) in [6.45, 7) is 2.97. The SMILES string of the molecule is N#C/C(=C/N1CCNCC1)C(=O)N(CCO)CCO. The van der Waals surface area contributed by atoms with Crippen molar-refractivity contribution < 1.29 is 15.0 Å². The van der Waals surface area contributed by atoms with Gasteiger partial charge in [0.15, 0.2) is 0 Å². The normalized spacial score (nSPS) is 16.1. The molecular formula is C12H20N4O3. The van der Waals surface area contributed by atoms with Gasteiger partial charge in [0.1, 0.15) is 11.6 Å². The fourth-order valence-electron chi connectivity index (χ4n) is 1.85. The molecule has 1 fully saturated rings. The Morgan fingerprint density at radius 3 is 2.37 bits per heavy atom. The van der Waals surface area contributed by atoms with Gasteiger partial charge in [0.25, 0.3) is 5.91 Å². The van der Waals surface area contributed by atoms with Gasteiger partial charge in [-0.1, -0.05) is 0 Å². The van der Waals surface area contributed by atoms with Crippen LogP contribution in [0.25, 0.3) is 0 Å². The van der Waals surface area contributed by atoms with E-state index in [1.54, 1.807) is 6.20 Å². The van der Waals surface area contributed by atoms with Crippen LogP contribution in [0, 0.1) is 11.3 Å². The number of nitrogens with one attached hydrogen (secondary N) is 1. The second-order valence-electron chi connectivity index (χ2n) is 4.18. The number of nitrogens with zero attached hydrogens (tertiary/aromatic N) is 3. The number of nitriles is 1. The van der Waals surface area contributed by atoms with Gasteiger partial charge in [0.2, 0.25) is 0 Å². The number of hydrogen-bond donors (Lipinski definition) is 3. The lowest BCUT2D eigenvalue weighted by molar-refractivity contribution is -0.127. The Labute approximate surface area is 112 Å². The third-order valence-corrected chi connectivity index (χ3v) is 2.84. The summed E-state index contributed by atoms with van der Waals surface area (Å²) >= 11 is 0. The summed E-state index contributed by atoms with van der Waals surface area (Å²) in [6, 6.07) is 1.89. The zero-order chi connectivity index (χ0) is 14.1. The van der Waals surface area contributed by atoms with E-state index in [0.717, 1.165) is 26.2 Å². The van der Waals surface area contributed by atoms with Crippen molar-refractivity contribution in [3.63, 3.8) is 0 Å². The lowest BCUT2D eigenvalue weighted by atomic mass is 10.2. The van der Waals surface area contributed by atoms with Crippen LogP contribution in [-0.2, 0) is 4.79 Å². The van der Waals surface area contributed by atoms with E-state index < -0.39 is 5.91 Å². The van der Waals surface area contributed by atoms with Crippen LogP contribution in [0.1, 0.15) is 0 Å². The fourth-order valence-corrected chi connectivity index (χ4v) is 1.85. The molecule has 1 heterocycles. The molecule has 0 radical (unpaired) electrons. The molecule has 0 unspecified atom stereocenters. The van der Waals surface area contributed by atoms with E-state index in [2.05, 4.69) is 5.32 Å². The third-order valence-electron chi connectivity index (χ3n) is 2.84. The Morgan fingerprint density at radius 2 is 1.89 bits per heavy atom. The Kier molecular flexibility index (Phi) is 6.89. The smallest absolute Gasteiger partial charge is 0.266 e. The van der Waals surface area contributed by atoms with Crippen LogP contribution >= 0.6 is 0 Å². The number of carbonyl (C=O) groups is 1. The molecule has 1 saturated heterocycles. The molecule has 106 valence electrons. The average Bonchev–Trinajstić information content (AvgIpc) is 2.45. The fraction of sp³-hybridized carbons (Fsp3) is 0.667. The molecule has 0 aromatic carbocycles. The van der Waals surface area contributed by atoms with Crippen LogP contribution in [0.5, 0.6) is 0 Å². The quantitative estimate of drug-likeness (QED) is 0.385. The maximum Gasteiger partial charge on any atom is 0.266 e. The van der Waals surface area contributed by atoms with Crippen molar-refractivity contribution >= 4 is 5.91 Å². The molecule has 3 N–H and O–H groups in total. The first kappa shape index (κ1) is 15.4. The van der Waals surface area contributed by atoms with Gasteiger partial charge in [-0.15, -0.1) is 0 Å². The highest BCUT2D eigenvalue weighted by Crippen LogP contribution is 2.04. The second kappa shape index (κ2) is 8.48. The number of carbonyl (C=O) groups excluding carboxylic acids is 1. The van der Waals surface area contributed by atoms with Crippen LogP contribution in [0.15, 0.2) is 11.8 Å². The number of aliphatic hydroxyl groups excluding tert-OH is 2. The lowest BCUT2D eigenvalue weighted by Crippen LogP contribution is -2.42. The van der Waals surface area contributed by atoms with Crippen LogP contribution in [0.2, 0.25) is 0 Å². The van der Waals surface area contributed by atoms with Crippen molar-refractivity contribution in [2.75, 3.05) is 52.5 Å². The van der Waals surface area contributed by atoms with Gasteiger partial charge in [0.05, 0.1) is 13.2 Å². The highest BCUT2D eigenvalue weighted by Gasteiger charge is 2.19. The van der Waals surface area contributed by atoms with Crippen LogP contribution in [0.4, 0.5) is 0 Å². The van der Waals surface area contributed by atoms with Crippen LogP contribution in [0.3, 0.4) is 0 Å². The predicted octanol–water partition coefficient (Wildman–Crippen LogP) is -1.89. The molecule has 1 aliphatic rings. The maximum atomic E-state index is 12.1. The summed E-state index contributed by atoms with van der Waals surface area (Å²) in [4.78, 5) is 15.3. The van der Waals surface area contributed by atoms with Crippen molar-refractivity contribution in [1.82, 2.24) is 15.1 Å². The molecule has 0 saturated carbocycles. The minimum Gasteiger partial charge on any atom is -0.395 e. The van der Waals surface area contributed by atoms with E-state index in [1.165, 1.54) is 4.90 Å². The number of aliphatic hydroxyl groups is 2. The maximum absolute atomic E-state index is 12.1. The molecule has 7 nitrogen and oxygen atoms in total. The molecule has 7 heteroatoms. The van der Waals surface area contributed by atoms with Gasteiger partial charge in [0, 0.05) is 45.5 Å². The summed E-state index contributed by atoms with van der Waals surface area (Å²) < 4.78 is 0. The number of rotatable bonds is 6. The second-order valence-corrected chi connectivity index (χ2v) is 4.18. The number of hydrogen-bond acceptors (Lipinski definition) is 6. The largest absolute Gasteiger partial charge is 0.395 e. The molecule has 0 aromatic rings. The molecule has 0 aliphatic carbocycles. The monoisotopic (exact) mass is 268 g/mol. The lowest BCUT2D eigenvalue weighted by Gasteiger charge is -2.27. The van der Waals surface area contributed by atoms with Crippen LogP contribution in [-0.4, -0.2) is 78.4 Å². The zero-order valence-corrected chi connectivity index (χ0v) is 10.9. The van der Waals surface area contributed by atoms with Crippen LogP contribution < -0.4 is 5.32 Å². The average molecular weight is 268 g/mol. The summed E-state index contributed by atoms with van der Waals surface area (Å²) in [6.07, 6.45) is 1.56. The summed E-state index contributed by atoms with van der Waals surface area (Å²) in [7, 11) is 0. The van der Waals surface area contributed by atoms with Gasteiger partial charge in [-0.2, -0.15) is 5.26 Å². The molecule has 0 spiro atoms. The first-order valence-corrected chi connectivity index (χ1v) is 6.30. The first-order chi connectivity index (χ1) is 9.22. The predicted molar refractivity (Wildman–Crippen MR) is 68.9 cm³/mol. The van der Waals surface area contributed by atoms with Crippen molar-refractivity contribution in [1.29, 1.82) is 5.26 Å². The van der Waals surface area contributed by atoms with Gasteiger partial charge >= 0.3 is 0 Å². The van der Waals surface area contributed by atoms with E-state index >= 15 is 0 Å². The molecular weight excluding hydrogens is 248 g/mol. The Balaban J connectivity index is 2.73.